The van der Waals surface area contributed by atoms with Crippen molar-refractivity contribution in [1.82, 2.24) is 14.6 Å². The molecule has 2 saturated heterocycles. The summed E-state index contributed by atoms with van der Waals surface area (Å²) in [7, 11) is -3.00. The molecule has 2 N–H and O–H groups in total. The number of hydrogen-bond acceptors (Lipinski definition) is 14. The highest BCUT2D eigenvalue weighted by Crippen LogP contribution is 2.54. The van der Waals surface area contributed by atoms with Crippen LogP contribution in [-0.2, 0) is 49.5 Å². The van der Waals surface area contributed by atoms with Gasteiger partial charge in [0.25, 0.3) is 0 Å². The Bertz CT molecular complexity index is 2260. The van der Waals surface area contributed by atoms with Gasteiger partial charge >= 0.3 is 7.82 Å². The summed E-state index contributed by atoms with van der Waals surface area (Å²) in [4.78, 5) is 4.07. The lowest BCUT2D eigenvalue weighted by Crippen LogP contribution is -2.40. The van der Waals surface area contributed by atoms with Gasteiger partial charge in [0.15, 0.2) is 11.6 Å². The molecule has 0 aliphatic carbocycles. The third-order valence-corrected chi connectivity index (χ3v) is 14.2. The van der Waals surface area contributed by atoms with E-state index in [1.54, 1.807) is 69.5 Å². The number of nitrogens with zero attached hydrogens (tertiary/aromatic N) is 4. The summed E-state index contributed by atoms with van der Waals surface area (Å²) in [5.74, 6) is -0.291. The Hall–Kier alpha value is -3.52. The van der Waals surface area contributed by atoms with E-state index in [-0.39, 0.29) is 36.4 Å². The molecular weight excluding hydrogens is 932 g/mol. The molecular formula is C50H70Cl2N5O10P. The van der Waals surface area contributed by atoms with E-state index in [1.165, 1.54) is 94.3 Å². The van der Waals surface area contributed by atoms with Gasteiger partial charge in [0.1, 0.15) is 53.8 Å². The van der Waals surface area contributed by atoms with Crippen molar-refractivity contribution in [2.45, 2.75) is 166 Å². The van der Waals surface area contributed by atoms with E-state index in [0.29, 0.717) is 28.6 Å². The first-order chi connectivity index (χ1) is 32.9. The van der Waals surface area contributed by atoms with Gasteiger partial charge in [-0.15, -0.1) is 0 Å². The minimum absolute atomic E-state index is 0.0673. The number of ether oxygens (including phenoxy) is 6. The number of nitrogens with two attached hydrogens (primary N) is 1. The Morgan fingerprint density at radius 2 is 1.51 bits per heavy atom. The van der Waals surface area contributed by atoms with Gasteiger partial charge in [-0.25, -0.2) is 14.1 Å². The van der Waals surface area contributed by atoms with Crippen LogP contribution in [0.2, 0.25) is 10.0 Å². The van der Waals surface area contributed by atoms with Gasteiger partial charge in [0, 0.05) is 6.61 Å². The van der Waals surface area contributed by atoms with Crippen molar-refractivity contribution in [2.24, 2.45) is 0 Å². The summed E-state index contributed by atoms with van der Waals surface area (Å²) in [6.45, 7) is 5.87. The summed E-state index contributed by atoms with van der Waals surface area (Å²) >= 11 is 12.9. The number of methoxy groups -OCH3 is 1. The molecule has 18 heteroatoms. The number of phosphoric acid groups is 1. The summed E-state index contributed by atoms with van der Waals surface area (Å²) < 4.78 is 71.4. The molecule has 0 saturated carbocycles. The average molecular weight is 1000 g/mol. The van der Waals surface area contributed by atoms with E-state index >= 15 is 0 Å². The Labute approximate surface area is 412 Å². The SMILES string of the molecule is CCCCCCCCCCCCCCCCCCOC[C@H](COP(=O)(OC[C@H]1O[C@@](C#N)(c2ccc3c(N)ncnn23)[C@@H]2OC(C)(C)O[C@@H]21)Oc1ccccc1Cl)OCc1ccc(OC)c(Cl)c1. The molecule has 6 rings (SSSR count). The lowest BCUT2D eigenvalue weighted by Gasteiger charge is -2.29. The molecule has 1 unspecified atom stereocenters. The molecule has 2 aliphatic rings. The van der Waals surface area contributed by atoms with E-state index in [1.807, 2.05) is 6.07 Å². The minimum Gasteiger partial charge on any atom is -0.495 e. The first-order valence-corrected chi connectivity index (χ1v) is 26.5. The molecule has 15 nitrogen and oxygen atoms in total. The molecule has 4 aromatic rings. The Morgan fingerprint density at radius 3 is 2.16 bits per heavy atom. The highest BCUT2D eigenvalue weighted by atomic mass is 35.5. The number of para-hydroxylation sites is 1. The maximum atomic E-state index is 14.8. The molecule has 2 fully saturated rings. The number of nitrogen functional groups attached to an aromatic ring is 1. The molecule has 2 aromatic heterocycles. The summed E-state index contributed by atoms with van der Waals surface area (Å²) in [6, 6.07) is 17.6. The van der Waals surface area contributed by atoms with Crippen LogP contribution in [0.4, 0.5) is 5.82 Å². The second-order valence-corrected chi connectivity index (χ2v) is 20.4. The largest absolute Gasteiger partial charge is 0.530 e. The lowest BCUT2D eigenvalue weighted by molar-refractivity contribution is -0.204. The van der Waals surface area contributed by atoms with Crippen molar-refractivity contribution in [3.8, 4) is 17.6 Å². The third kappa shape index (κ3) is 15.0. The zero-order valence-corrected chi connectivity index (χ0v) is 42.5. The fourth-order valence-corrected chi connectivity index (χ4v) is 10.4. The van der Waals surface area contributed by atoms with Crippen molar-refractivity contribution in [3.63, 3.8) is 0 Å². The number of unbranched alkanes of at least 4 members (excludes halogenated alkanes) is 15. The summed E-state index contributed by atoms with van der Waals surface area (Å²) in [5.41, 5.74) is 5.99. The molecule has 68 heavy (non-hydrogen) atoms. The molecule has 4 heterocycles. The molecule has 0 radical (unpaired) electrons. The highest BCUT2D eigenvalue weighted by molar-refractivity contribution is 7.49. The molecule has 0 bridgehead atoms. The highest BCUT2D eigenvalue weighted by Gasteiger charge is 2.65. The fraction of sp³-hybridized carbons (Fsp3) is 0.620. The van der Waals surface area contributed by atoms with Crippen LogP contribution in [0.3, 0.4) is 0 Å². The number of benzene rings is 2. The smallest absolute Gasteiger partial charge is 0.495 e. The number of halogens is 2. The first kappa shape index (κ1) is 53.8. The monoisotopic (exact) mass is 1000 g/mol. The van der Waals surface area contributed by atoms with Crippen LogP contribution >= 0.6 is 31.0 Å². The predicted molar refractivity (Wildman–Crippen MR) is 262 cm³/mol. The van der Waals surface area contributed by atoms with E-state index in [0.717, 1.165) is 24.8 Å². The van der Waals surface area contributed by atoms with Crippen LogP contribution in [0, 0.1) is 11.3 Å². The third-order valence-electron chi connectivity index (χ3n) is 12.3. The zero-order chi connectivity index (χ0) is 48.4. The van der Waals surface area contributed by atoms with Crippen molar-refractivity contribution >= 4 is 42.4 Å². The fourth-order valence-electron chi connectivity index (χ4n) is 8.66. The van der Waals surface area contributed by atoms with Crippen LogP contribution in [0.1, 0.15) is 135 Å². The van der Waals surface area contributed by atoms with Crippen molar-refractivity contribution in [2.75, 3.05) is 39.3 Å². The van der Waals surface area contributed by atoms with Gasteiger partial charge < -0.3 is 38.7 Å². The van der Waals surface area contributed by atoms with Gasteiger partial charge in [-0.1, -0.05) is 145 Å². The van der Waals surface area contributed by atoms with Gasteiger partial charge in [-0.3, -0.25) is 9.05 Å². The molecule has 374 valence electrons. The van der Waals surface area contributed by atoms with E-state index in [2.05, 4.69) is 23.1 Å². The van der Waals surface area contributed by atoms with Crippen LogP contribution in [0.15, 0.2) is 60.9 Å². The van der Waals surface area contributed by atoms with Crippen LogP contribution in [0.25, 0.3) is 5.52 Å². The Kier molecular flexibility index (Phi) is 21.1. The quantitative estimate of drug-likeness (QED) is 0.0360. The molecule has 6 atom stereocenters. The van der Waals surface area contributed by atoms with Crippen LogP contribution < -0.4 is 15.0 Å². The summed E-state index contributed by atoms with van der Waals surface area (Å²) in [6.07, 6.45) is 18.3. The maximum absolute atomic E-state index is 14.8. The second-order valence-electron chi connectivity index (χ2n) is 18.0. The Balaban J connectivity index is 1.06. The van der Waals surface area contributed by atoms with E-state index < -0.39 is 50.2 Å². The number of hydrogen-bond donors (Lipinski definition) is 1. The minimum atomic E-state index is -4.55. The van der Waals surface area contributed by atoms with E-state index in [4.69, 9.17) is 70.9 Å². The predicted octanol–water partition coefficient (Wildman–Crippen LogP) is 12.3. The average Bonchev–Trinajstić information content (AvgIpc) is 4.00. The number of anilines is 1. The standard InChI is InChI=1S/C50H70Cl2N5O10P/c1-5-6-7-8-9-10-11-12-13-14-15-16-17-18-19-22-29-60-32-38(61-31-37-25-27-42(59-4)40(52)30-37)33-62-68(58,67-43-24-21-20-23-39(43)51)63-34-44-46-47(66-49(2,3)65-46)50(35-53,64-44)45-28-26-41-48(54)55-36-56-57(41)45/h20-21,23-28,30,36,38,44,46-47H,5-19,22,29,31-34H2,1-4H3,(H2,54,55,56)/t38-,44-,46-,47-,50+,68?/m1/s1. The zero-order valence-electron chi connectivity index (χ0n) is 40.1. The van der Waals surface area contributed by atoms with Crippen LogP contribution in [-0.4, -0.2) is 78.3 Å². The summed E-state index contributed by atoms with van der Waals surface area (Å²) in [5, 5.41) is 15.8. The number of aromatic nitrogens is 3. The first-order valence-electron chi connectivity index (χ1n) is 24.3. The maximum Gasteiger partial charge on any atom is 0.530 e. The number of phosphoric ester groups is 1. The molecule has 2 aliphatic heterocycles. The normalized spacial score (nSPS) is 21.1. The Morgan fingerprint density at radius 1 is 0.838 bits per heavy atom. The molecule has 2 aromatic carbocycles. The van der Waals surface area contributed by atoms with Gasteiger partial charge in [0.2, 0.25) is 5.60 Å². The molecule has 0 amide bonds. The second kappa shape index (κ2) is 26.6. The van der Waals surface area contributed by atoms with Crippen LogP contribution in [0.5, 0.6) is 11.5 Å². The van der Waals surface area contributed by atoms with Gasteiger partial charge in [0.05, 0.1) is 49.3 Å². The number of nitriles is 1. The van der Waals surface area contributed by atoms with Crippen molar-refractivity contribution in [3.05, 3.63) is 82.2 Å². The lowest BCUT2D eigenvalue weighted by atomic mass is 9.92. The topological polar surface area (TPSA) is 180 Å². The van der Waals surface area contributed by atoms with Gasteiger partial charge in [-0.05, 0) is 62.2 Å². The van der Waals surface area contributed by atoms with Gasteiger partial charge in [-0.2, -0.15) is 10.4 Å². The number of rotatable bonds is 32. The van der Waals surface area contributed by atoms with E-state index in [9.17, 15) is 9.83 Å². The van der Waals surface area contributed by atoms with Crippen molar-refractivity contribution in [1.29, 1.82) is 5.26 Å². The number of fused-ring (bicyclic) bond motifs is 2. The van der Waals surface area contributed by atoms with Crippen molar-refractivity contribution < 1.29 is 46.6 Å². The molecule has 0 spiro atoms.